The predicted molar refractivity (Wildman–Crippen MR) is 549 cm³/mol. The fraction of sp³-hybridized carbons (Fsp3) is 0.417. The maximum atomic E-state index is 14.4. The molecule has 8 aromatic heterocycles. The number of thiophene rings is 2. The summed E-state index contributed by atoms with van der Waals surface area (Å²) in [6.07, 6.45) is 7.23. The van der Waals surface area contributed by atoms with Crippen molar-refractivity contribution in [1.82, 2.24) is 80.1 Å². The Balaban J connectivity index is 0.000000211. The zero-order valence-corrected chi connectivity index (χ0v) is 86.4. The Morgan fingerprint density at radius 1 is 0.590 bits per heavy atom. The van der Waals surface area contributed by atoms with E-state index in [2.05, 4.69) is 89.0 Å². The molecular formula is C103H118Cl2N18O11S5. The topological polar surface area (TPSA) is 358 Å². The van der Waals surface area contributed by atoms with Gasteiger partial charge in [-0.05, 0) is 167 Å². The zero-order valence-electron chi connectivity index (χ0n) is 80.8. The number of aryl methyl sites for hydroxylation is 7. The van der Waals surface area contributed by atoms with Crippen LogP contribution in [0, 0.1) is 72.1 Å². The lowest BCUT2D eigenvalue weighted by Crippen LogP contribution is -2.57. The lowest BCUT2D eigenvalue weighted by molar-refractivity contribution is -0.144. The number of thiazole rings is 2. The second-order valence-corrected chi connectivity index (χ2v) is 44.2. The number of amides is 7. The van der Waals surface area contributed by atoms with Gasteiger partial charge in [0.1, 0.15) is 75.6 Å². The average molecular weight is 2020 g/mol. The summed E-state index contributed by atoms with van der Waals surface area (Å²) in [5.41, 5.74) is 17.6. The highest BCUT2D eigenvalue weighted by Crippen LogP contribution is 2.44. The number of nitrogens with one attached hydrogen (secondary N) is 5. The summed E-state index contributed by atoms with van der Waals surface area (Å²) in [6.45, 7) is 31.6. The van der Waals surface area contributed by atoms with Crippen LogP contribution in [0.4, 0.5) is 0 Å². The van der Waals surface area contributed by atoms with Crippen LogP contribution < -0.4 is 31.3 Å². The number of benzene rings is 4. The molecule has 7 amide bonds. The molecular weight excluding hydrogens is 1900 g/mol. The van der Waals surface area contributed by atoms with Crippen molar-refractivity contribution in [2.75, 3.05) is 57.5 Å². The fourth-order valence-electron chi connectivity index (χ4n) is 17.8. The van der Waals surface area contributed by atoms with Gasteiger partial charge in [-0.3, -0.25) is 57.5 Å². The lowest BCUT2D eigenvalue weighted by Gasteiger charge is -2.35. The van der Waals surface area contributed by atoms with Crippen molar-refractivity contribution in [3.63, 3.8) is 0 Å². The summed E-state index contributed by atoms with van der Waals surface area (Å²) >= 11 is 20.7. The number of halogens is 2. The van der Waals surface area contributed by atoms with E-state index in [4.69, 9.17) is 42.7 Å². The number of rotatable bonds is 34. The summed E-state index contributed by atoms with van der Waals surface area (Å²) in [5.74, 6) is 2.01. The number of aliphatic hydroxyl groups is 1. The van der Waals surface area contributed by atoms with Crippen LogP contribution in [0.25, 0.3) is 36.5 Å². The van der Waals surface area contributed by atoms with Gasteiger partial charge in [0.05, 0.1) is 87.1 Å². The van der Waals surface area contributed by atoms with Crippen molar-refractivity contribution in [1.29, 1.82) is 0 Å². The molecule has 139 heavy (non-hydrogen) atoms. The standard InChI is InChI=1S/C54H59ClN10O5S2.C49H59ClN8O6S3/c1-30-22-42(51(68)58-25-35-10-12-37(13-11-35)48-32(3)59-29-71-48)64(27-30)52(69)49(54(6,7)8)62-50(67)41-28-63-20-18-39(23-44(63)60-41)70-21-9-19-56-45(66)24-40-43-26-57-34(5)65(43)53-46(31(2)33(4)72-53)47(61-40)36-14-16-38(55)17-15-36;1-28-30(3)67-48-42(28)43(33-14-16-35(50)17-15-33)53-37(46-56-55-31(4)58(46)48)24-40(61)51-19-22-65-21-8-20-64-26-41(62)54-45(49(5,6)7)47(63)57-25-36(59)23-38(57)39(60)18-11-32-9-12-34(13-10-32)44-29(2)52-27-66-44/h10-18,20,23,26,28-30,40,42,49H,9,19,21-22,24-25,27H2,1-8H3,(H,56,66)(H,58,68)(H,62,67);9-10,12-17,27,36-38,45,59H,8,11,18-26H2,1-7H3,(H,51,61)(H,54,62)/t30?,40?,42-,49+;36?,37?,38-,45+/m00/s1. The number of ether oxygens (including phenoxy) is 2. The Hall–Kier alpha value is -11.5. The largest absolute Gasteiger partial charge is 0.493 e. The van der Waals surface area contributed by atoms with Crippen molar-refractivity contribution in [3.8, 4) is 36.6 Å². The number of β-amino-alcohol motifs (C(OH)–C–C–N with tert-alkyl or cyclic N) is 1. The Bertz CT molecular complexity index is 6580. The Labute approximate surface area is 839 Å². The molecule has 0 radical (unpaired) electrons. The van der Waals surface area contributed by atoms with Gasteiger partial charge in [-0.15, -0.1) is 55.5 Å². The highest BCUT2D eigenvalue weighted by atomic mass is 35.5. The highest BCUT2D eigenvalue weighted by Gasteiger charge is 2.47. The number of nitrogens with zero attached hydrogens (tertiary/aromatic N) is 13. The molecule has 2 fully saturated rings. The maximum Gasteiger partial charge on any atom is 0.272 e. The number of Topliss-reactive ketones (excluding diaryl/α,β-unsaturated/α-hetero) is 1. The van der Waals surface area contributed by atoms with Gasteiger partial charge in [-0.25, -0.2) is 19.9 Å². The van der Waals surface area contributed by atoms with Gasteiger partial charge in [-0.1, -0.05) is 144 Å². The Kier molecular flexibility index (Phi) is 32.7. The smallest absolute Gasteiger partial charge is 0.272 e. The zero-order chi connectivity index (χ0) is 99.0. The van der Waals surface area contributed by atoms with Crippen molar-refractivity contribution >= 4 is 145 Å². The third-order valence-corrected chi connectivity index (χ3v) is 31.4. The van der Waals surface area contributed by atoms with Crippen LogP contribution in [0.1, 0.15) is 205 Å². The molecule has 730 valence electrons. The first kappa shape index (κ1) is 102. The van der Waals surface area contributed by atoms with Crippen LogP contribution in [0.3, 0.4) is 0 Å². The number of aliphatic imine (C=N–C) groups is 2. The lowest BCUT2D eigenvalue weighted by atomic mass is 9.85. The number of aromatic nitrogens is 9. The summed E-state index contributed by atoms with van der Waals surface area (Å²) < 4.78 is 17.7. The van der Waals surface area contributed by atoms with Crippen molar-refractivity contribution in [2.24, 2.45) is 26.7 Å². The molecule has 29 nitrogen and oxygen atoms in total. The molecule has 36 heteroatoms. The molecule has 16 rings (SSSR count). The van der Waals surface area contributed by atoms with E-state index in [1.54, 1.807) is 90.9 Å². The molecule has 4 aliphatic heterocycles. The monoisotopic (exact) mass is 2010 g/mol. The van der Waals surface area contributed by atoms with E-state index < -0.39 is 70.9 Å². The van der Waals surface area contributed by atoms with Crippen LogP contribution in [0.15, 0.2) is 149 Å². The Morgan fingerprint density at radius 2 is 1.15 bits per heavy atom. The summed E-state index contributed by atoms with van der Waals surface area (Å²) in [6, 6.07) is 30.6. The van der Waals surface area contributed by atoms with Gasteiger partial charge in [0.15, 0.2) is 11.6 Å². The van der Waals surface area contributed by atoms with E-state index in [-0.39, 0.29) is 79.9 Å². The summed E-state index contributed by atoms with van der Waals surface area (Å²) in [5, 5.41) is 37.8. The molecule has 8 atom stereocenters. The first-order valence-corrected chi connectivity index (χ1v) is 52.1. The third-order valence-electron chi connectivity index (χ3n) is 25.5. The van der Waals surface area contributed by atoms with E-state index in [9.17, 15) is 43.5 Å². The number of fused-ring (bicyclic) bond motifs is 7. The van der Waals surface area contributed by atoms with E-state index in [0.717, 1.165) is 121 Å². The normalized spacial score (nSPS) is 17.1. The summed E-state index contributed by atoms with van der Waals surface area (Å²) in [4.78, 5) is 146. The first-order valence-electron chi connectivity index (χ1n) is 46.8. The number of pyridine rings is 1. The molecule has 0 spiro atoms. The minimum absolute atomic E-state index is 0.0270. The molecule has 4 aliphatic rings. The first-order chi connectivity index (χ1) is 66.4. The number of ketones is 1. The molecule has 12 heterocycles. The Morgan fingerprint density at radius 3 is 1.75 bits per heavy atom. The van der Waals surface area contributed by atoms with E-state index in [0.29, 0.717) is 98.1 Å². The van der Waals surface area contributed by atoms with Crippen LogP contribution in [0.2, 0.25) is 10.0 Å². The van der Waals surface area contributed by atoms with Gasteiger partial charge < -0.3 is 55.4 Å². The van der Waals surface area contributed by atoms with Crippen LogP contribution in [-0.2, 0) is 51.3 Å². The quantitative estimate of drug-likeness (QED) is 0.0204. The third kappa shape index (κ3) is 24.1. The molecule has 0 bridgehead atoms. The number of thioether (sulfide) groups is 1. The van der Waals surface area contributed by atoms with E-state index >= 15 is 0 Å². The molecule has 4 unspecified atom stereocenters. The van der Waals surface area contributed by atoms with Gasteiger partial charge >= 0.3 is 0 Å². The van der Waals surface area contributed by atoms with Gasteiger partial charge in [0.25, 0.3) is 5.91 Å². The predicted octanol–water partition coefficient (Wildman–Crippen LogP) is 16.7. The van der Waals surface area contributed by atoms with Gasteiger partial charge in [0.2, 0.25) is 35.4 Å². The number of aliphatic hydroxyl groups excluding tert-OH is 1. The molecule has 12 aromatic rings. The second kappa shape index (κ2) is 44.6. The van der Waals surface area contributed by atoms with Crippen LogP contribution in [0.5, 0.6) is 5.75 Å². The number of carbonyl (C=O) groups is 8. The summed E-state index contributed by atoms with van der Waals surface area (Å²) in [7, 11) is 0. The van der Waals surface area contributed by atoms with Crippen LogP contribution >= 0.6 is 80.3 Å². The molecule has 2 saturated heterocycles. The van der Waals surface area contributed by atoms with Crippen LogP contribution in [-0.4, -0.2) is 205 Å². The SMILES string of the molecule is Cc1ncsc1-c1ccc(CCC(=O)[C@@H]2CC(O)CN2C(=O)[C@@H](NC(=O)COCCCSCCNC(=O)CC2N=C(c3ccc(Cl)cc3)c3c(sc(C)c3C)-n3c(C)nnc32)C(C)(C)C)cc1.Cc1ncsc1-c1ccc(CNC(=O)[C@@H]2CC(C)CN2C(=O)[C@@H](NC(=O)c2cn3ccc(OCCCNC(=O)CC4N=C(c5ccc(Cl)cc5)c5c(sc(C)c5C)-n5c4cnc5C)cc3n2)C(C)(C)C)cc1. The molecule has 4 aromatic carbocycles. The van der Waals surface area contributed by atoms with E-state index in [1.807, 2.05) is 195 Å². The number of hydrogen-bond acceptors (Lipinski definition) is 24. The van der Waals surface area contributed by atoms with Crippen molar-refractivity contribution < 1.29 is 52.9 Å². The maximum absolute atomic E-state index is 14.4. The van der Waals surface area contributed by atoms with Gasteiger partial charge in [-0.2, -0.15) is 11.8 Å². The highest BCUT2D eigenvalue weighted by molar-refractivity contribution is 7.99. The average Bonchev–Trinajstić information content (AvgIpc) is 1.59. The van der Waals surface area contributed by atoms with E-state index in [1.165, 1.54) is 14.7 Å². The molecule has 0 saturated carbocycles. The number of imidazole rings is 2. The number of likely N-dealkylation sites (tertiary alicyclic amines) is 2. The molecule has 6 N–H and O–H groups in total. The second-order valence-electron chi connectivity index (χ2n) is 38.0. The minimum atomic E-state index is -0.931. The van der Waals surface area contributed by atoms with Crippen molar-refractivity contribution in [2.45, 2.75) is 204 Å². The fourth-order valence-corrected chi connectivity index (χ4v) is 22.9. The number of hydrogen-bond donors (Lipinski definition) is 6. The van der Waals surface area contributed by atoms with Gasteiger partial charge in [0, 0.05) is 118 Å². The molecule has 0 aliphatic carbocycles. The van der Waals surface area contributed by atoms with Crippen molar-refractivity contribution in [3.05, 3.63) is 243 Å². The number of carbonyl (C=O) groups excluding carboxylic acids is 8. The minimum Gasteiger partial charge on any atom is -0.493 e.